The van der Waals surface area contributed by atoms with Crippen molar-refractivity contribution < 1.29 is 18.3 Å². The number of hydrogen-bond donors (Lipinski definition) is 3. The normalized spacial score (nSPS) is 17.4. The Hall–Kier alpha value is -2.28. The second kappa shape index (κ2) is 9.03. The summed E-state index contributed by atoms with van der Waals surface area (Å²) in [4.78, 5) is 20.5. The van der Waals surface area contributed by atoms with Crippen LogP contribution in [0.5, 0.6) is 0 Å². The van der Waals surface area contributed by atoms with E-state index < -0.39 is 15.9 Å². The quantitative estimate of drug-likeness (QED) is 0.527. The molecule has 13 heteroatoms. The summed E-state index contributed by atoms with van der Waals surface area (Å²) >= 11 is 6.12. The van der Waals surface area contributed by atoms with E-state index in [-0.39, 0.29) is 23.4 Å². The van der Waals surface area contributed by atoms with Crippen molar-refractivity contribution in [2.75, 3.05) is 43.1 Å². The number of halogens is 1. The molecular weight excluding hydrogens is 422 g/mol. The van der Waals surface area contributed by atoms with E-state index in [1.807, 2.05) is 0 Å². The predicted molar refractivity (Wildman–Crippen MR) is 107 cm³/mol. The molecule has 2 aromatic rings. The van der Waals surface area contributed by atoms with Gasteiger partial charge in [0.05, 0.1) is 37.5 Å². The van der Waals surface area contributed by atoms with Crippen molar-refractivity contribution in [2.45, 2.75) is 13.0 Å². The topological polar surface area (TPSA) is 142 Å². The number of carbonyl (C=O) groups is 1. The van der Waals surface area contributed by atoms with Crippen LogP contribution in [0.3, 0.4) is 0 Å². The van der Waals surface area contributed by atoms with Gasteiger partial charge in [-0.25, -0.2) is 22.7 Å². The number of nitrogens with one attached hydrogen (secondary N) is 2. The van der Waals surface area contributed by atoms with Gasteiger partial charge in [-0.2, -0.15) is 5.10 Å². The fraction of sp³-hybridized carbons (Fsp3) is 0.500. The summed E-state index contributed by atoms with van der Waals surface area (Å²) in [6, 6.07) is 0. The molecule has 1 saturated heterocycles. The zero-order valence-corrected chi connectivity index (χ0v) is 17.3. The van der Waals surface area contributed by atoms with Crippen molar-refractivity contribution in [1.29, 1.82) is 0 Å². The first kappa shape index (κ1) is 21.4. The van der Waals surface area contributed by atoms with Gasteiger partial charge in [-0.05, 0) is 12.3 Å². The van der Waals surface area contributed by atoms with E-state index >= 15 is 0 Å². The molecule has 1 amide bonds. The minimum absolute atomic E-state index is 0.0622. The fourth-order valence-electron chi connectivity index (χ4n) is 2.95. The molecule has 1 aliphatic rings. The summed E-state index contributed by atoms with van der Waals surface area (Å²) in [7, 11) is -3.20. The van der Waals surface area contributed by atoms with Crippen molar-refractivity contribution in [2.24, 2.45) is 5.92 Å². The van der Waals surface area contributed by atoms with Gasteiger partial charge in [-0.15, -0.1) is 0 Å². The average molecular weight is 444 g/mol. The molecule has 0 radical (unpaired) electrons. The zero-order chi connectivity index (χ0) is 21.0. The number of aromatic nitrogens is 4. The van der Waals surface area contributed by atoms with Gasteiger partial charge in [-0.3, -0.25) is 9.48 Å². The van der Waals surface area contributed by atoms with Gasteiger partial charge < -0.3 is 15.7 Å². The van der Waals surface area contributed by atoms with Crippen LogP contribution < -0.4 is 10.6 Å². The van der Waals surface area contributed by atoms with Gasteiger partial charge >= 0.3 is 0 Å². The number of aliphatic hydroxyl groups excluding tert-OH is 1. The summed E-state index contributed by atoms with van der Waals surface area (Å²) in [5, 5.41) is 18.9. The molecule has 0 spiro atoms. The van der Waals surface area contributed by atoms with Gasteiger partial charge in [0, 0.05) is 25.8 Å². The van der Waals surface area contributed by atoms with E-state index in [0.29, 0.717) is 37.7 Å². The van der Waals surface area contributed by atoms with E-state index in [1.165, 1.54) is 27.6 Å². The van der Waals surface area contributed by atoms with E-state index in [9.17, 15) is 13.2 Å². The molecule has 158 valence electrons. The maximum atomic E-state index is 12.4. The lowest BCUT2D eigenvalue weighted by molar-refractivity contribution is 0.101. The monoisotopic (exact) mass is 443 g/mol. The van der Waals surface area contributed by atoms with E-state index in [2.05, 4.69) is 25.7 Å². The zero-order valence-electron chi connectivity index (χ0n) is 15.7. The van der Waals surface area contributed by atoms with E-state index in [0.717, 1.165) is 6.42 Å². The Labute approximate surface area is 173 Å². The summed E-state index contributed by atoms with van der Waals surface area (Å²) in [5.74, 6) is -0.181. The maximum Gasteiger partial charge on any atom is 0.293 e. The molecule has 2 aromatic heterocycles. The Morgan fingerprint density at radius 1 is 1.41 bits per heavy atom. The molecule has 11 nitrogen and oxygen atoms in total. The first-order chi connectivity index (χ1) is 13.8. The van der Waals surface area contributed by atoms with Crippen LogP contribution in [0.15, 0.2) is 18.6 Å². The lowest BCUT2D eigenvalue weighted by atomic mass is 10.1. The Kier molecular flexibility index (Phi) is 6.67. The minimum atomic E-state index is -3.20. The second-order valence-corrected chi connectivity index (χ2v) is 9.11. The van der Waals surface area contributed by atoms with Gasteiger partial charge in [-0.1, -0.05) is 11.6 Å². The Balaban J connectivity index is 1.61. The van der Waals surface area contributed by atoms with Gasteiger partial charge in [0.15, 0.2) is 0 Å². The van der Waals surface area contributed by atoms with Crippen LogP contribution in [0.1, 0.15) is 17.0 Å². The van der Waals surface area contributed by atoms with Gasteiger partial charge in [0.2, 0.25) is 15.8 Å². The highest BCUT2D eigenvalue weighted by molar-refractivity contribution is 7.88. The van der Waals surface area contributed by atoms with Crippen LogP contribution in [-0.2, 0) is 16.6 Å². The maximum absolute atomic E-state index is 12.4. The number of aliphatic hydroxyl groups is 1. The molecule has 0 aromatic carbocycles. The van der Waals surface area contributed by atoms with Crippen molar-refractivity contribution >= 4 is 39.0 Å². The third-order valence-corrected chi connectivity index (χ3v) is 5.99. The lowest BCUT2D eigenvalue weighted by Gasteiger charge is -2.15. The molecule has 0 unspecified atom stereocenters. The molecule has 1 aliphatic heterocycles. The number of nitrogens with zero attached hydrogens (tertiary/aromatic N) is 5. The Morgan fingerprint density at radius 2 is 2.21 bits per heavy atom. The summed E-state index contributed by atoms with van der Waals surface area (Å²) < 4.78 is 26.2. The number of hydrogen-bond acceptors (Lipinski definition) is 8. The van der Waals surface area contributed by atoms with Crippen LogP contribution >= 0.6 is 11.6 Å². The SMILES string of the molecule is CS(=O)(=O)N1CC[C@H](CNc2nc(C(=O)Nc3cnn(CCO)c3)ncc2Cl)C1. The van der Waals surface area contributed by atoms with Crippen LogP contribution in [0.25, 0.3) is 0 Å². The van der Waals surface area contributed by atoms with Crippen molar-refractivity contribution in [1.82, 2.24) is 24.1 Å². The first-order valence-corrected chi connectivity index (χ1v) is 11.1. The molecule has 1 atom stereocenters. The molecule has 29 heavy (non-hydrogen) atoms. The highest BCUT2D eigenvalue weighted by Crippen LogP contribution is 2.22. The molecule has 3 heterocycles. The van der Waals surface area contributed by atoms with Gasteiger partial charge in [0.1, 0.15) is 10.8 Å². The number of rotatable bonds is 8. The second-order valence-electron chi connectivity index (χ2n) is 6.72. The van der Waals surface area contributed by atoms with Crippen LogP contribution in [0, 0.1) is 5.92 Å². The van der Waals surface area contributed by atoms with E-state index in [4.69, 9.17) is 16.7 Å². The smallest absolute Gasteiger partial charge is 0.293 e. The standard InChI is InChI=1S/C16H22ClN7O4S/c1-29(27,28)24-3-2-11(9-24)6-18-14-13(17)8-19-15(22-14)16(26)21-12-7-20-23(10-12)4-5-25/h7-8,10-11,25H,2-6,9H2,1H3,(H,21,26)(H,18,19,22)/t11-/m1/s1. The first-order valence-electron chi connectivity index (χ1n) is 8.92. The molecular formula is C16H22ClN7O4S. The molecule has 0 bridgehead atoms. The van der Waals surface area contributed by atoms with E-state index in [1.54, 1.807) is 6.20 Å². The van der Waals surface area contributed by atoms with Gasteiger partial charge in [0.25, 0.3) is 5.91 Å². The largest absolute Gasteiger partial charge is 0.394 e. The summed E-state index contributed by atoms with van der Waals surface area (Å²) in [5.41, 5.74) is 0.448. The molecule has 0 saturated carbocycles. The van der Waals surface area contributed by atoms with Crippen LogP contribution in [0.4, 0.5) is 11.5 Å². The van der Waals surface area contributed by atoms with Crippen molar-refractivity contribution in [3.05, 3.63) is 29.4 Å². The van der Waals surface area contributed by atoms with Crippen molar-refractivity contribution in [3.63, 3.8) is 0 Å². The third kappa shape index (κ3) is 5.63. The molecule has 0 aliphatic carbocycles. The predicted octanol–water partition coefficient (Wildman–Crippen LogP) is 0.265. The molecule has 3 N–H and O–H groups in total. The third-order valence-electron chi connectivity index (χ3n) is 4.44. The number of anilines is 2. The van der Waals surface area contributed by atoms with Crippen LogP contribution in [0.2, 0.25) is 5.02 Å². The minimum Gasteiger partial charge on any atom is -0.394 e. The van der Waals surface area contributed by atoms with Crippen molar-refractivity contribution in [3.8, 4) is 0 Å². The number of amides is 1. The Bertz CT molecular complexity index is 981. The summed E-state index contributed by atoms with van der Waals surface area (Å²) in [6.45, 7) is 1.64. The number of carbonyl (C=O) groups excluding carboxylic acids is 1. The average Bonchev–Trinajstić information content (AvgIpc) is 3.30. The number of sulfonamides is 1. The molecule has 3 rings (SSSR count). The highest BCUT2D eigenvalue weighted by Gasteiger charge is 2.28. The summed E-state index contributed by atoms with van der Waals surface area (Å²) in [6.07, 6.45) is 6.29. The van der Waals surface area contributed by atoms with Crippen LogP contribution in [-0.4, -0.2) is 76.0 Å². The Morgan fingerprint density at radius 3 is 2.90 bits per heavy atom. The molecule has 1 fully saturated rings. The lowest BCUT2D eigenvalue weighted by Crippen LogP contribution is -2.28. The highest BCUT2D eigenvalue weighted by atomic mass is 35.5. The fourth-order valence-corrected chi connectivity index (χ4v) is 4.02.